The molecule has 0 heterocycles. The van der Waals surface area contributed by atoms with Crippen LogP contribution in [0.3, 0.4) is 0 Å². The molecular weight excluding hydrogens is 829 g/mol. The number of unbranched alkanes of at least 4 members (excludes halogenated alkanes) is 22. The highest BCUT2D eigenvalue weighted by atomic mass is 16.6. The lowest BCUT2D eigenvalue weighted by atomic mass is 10.1. The summed E-state index contributed by atoms with van der Waals surface area (Å²) in [7, 11) is 0. The topological polar surface area (TPSA) is 78.9 Å². The van der Waals surface area contributed by atoms with Crippen LogP contribution in [0.2, 0.25) is 0 Å². The van der Waals surface area contributed by atoms with Gasteiger partial charge in [0.15, 0.2) is 6.10 Å². The van der Waals surface area contributed by atoms with E-state index in [1.807, 2.05) is 0 Å². The predicted octanol–water partition coefficient (Wildman–Crippen LogP) is 18.5. The minimum Gasteiger partial charge on any atom is -0.462 e. The van der Waals surface area contributed by atoms with Gasteiger partial charge in [0.2, 0.25) is 0 Å². The fraction of sp³-hybridized carbons (Fsp3) is 0.689. The van der Waals surface area contributed by atoms with Crippen molar-refractivity contribution in [2.75, 3.05) is 13.2 Å². The molecule has 6 heteroatoms. The van der Waals surface area contributed by atoms with Crippen LogP contribution in [0.15, 0.2) is 97.2 Å². The zero-order chi connectivity index (χ0) is 48.6. The van der Waals surface area contributed by atoms with Gasteiger partial charge in [-0.15, -0.1) is 0 Å². The Morgan fingerprint density at radius 3 is 0.970 bits per heavy atom. The smallest absolute Gasteiger partial charge is 0.306 e. The van der Waals surface area contributed by atoms with Crippen LogP contribution in [0, 0.1) is 0 Å². The third-order valence-electron chi connectivity index (χ3n) is 11.5. The van der Waals surface area contributed by atoms with E-state index < -0.39 is 6.10 Å². The summed E-state index contributed by atoms with van der Waals surface area (Å²) in [6.07, 6.45) is 72.5. The van der Waals surface area contributed by atoms with Gasteiger partial charge in [-0.1, -0.05) is 208 Å². The minimum atomic E-state index is -0.816. The second-order valence-corrected chi connectivity index (χ2v) is 18.1. The molecule has 0 N–H and O–H groups in total. The Balaban J connectivity index is 4.52. The van der Waals surface area contributed by atoms with E-state index in [0.29, 0.717) is 19.3 Å². The number of carbonyl (C=O) groups is 3. The summed E-state index contributed by atoms with van der Waals surface area (Å²) in [5, 5.41) is 0. The van der Waals surface area contributed by atoms with Crippen LogP contribution in [0.1, 0.15) is 252 Å². The van der Waals surface area contributed by atoms with Crippen molar-refractivity contribution in [2.24, 2.45) is 0 Å². The standard InChI is InChI=1S/C61H102O6/c1-4-7-10-13-16-19-22-25-27-29-30-32-34-37-39-42-45-48-51-54-60(63)66-57-58(67-61(64)55-52-49-46-43-40-35-24-21-18-15-12-9-6-3)56-65-59(62)53-50-47-44-41-38-36-33-31-28-26-23-20-17-14-11-8-5-2/h16,19,21,24-28,30,32-33,36-37,39,41,44,58H,4-15,17-18,20,22-23,29,31,34-35,38,40,42-43,45-57H2,1-3H3/b19-16-,24-21-,27-25-,28-26-,32-30-,36-33-,39-37-,44-41-/t58-/m0/s1. The first-order chi connectivity index (χ1) is 33.0. The predicted molar refractivity (Wildman–Crippen MR) is 288 cm³/mol. The Hall–Kier alpha value is -3.67. The van der Waals surface area contributed by atoms with Crippen LogP contribution >= 0.6 is 0 Å². The lowest BCUT2D eigenvalue weighted by Crippen LogP contribution is -2.30. The minimum absolute atomic E-state index is 0.114. The Kier molecular flexibility index (Phi) is 51.9. The van der Waals surface area contributed by atoms with Crippen LogP contribution in [-0.2, 0) is 28.6 Å². The molecule has 1 atom stereocenters. The molecule has 0 saturated heterocycles. The van der Waals surface area contributed by atoms with Gasteiger partial charge in [-0.05, 0) is 122 Å². The first-order valence-corrected chi connectivity index (χ1v) is 27.7. The molecule has 67 heavy (non-hydrogen) atoms. The van der Waals surface area contributed by atoms with E-state index in [0.717, 1.165) is 96.3 Å². The largest absolute Gasteiger partial charge is 0.462 e. The average Bonchev–Trinajstić information content (AvgIpc) is 3.33. The molecule has 0 saturated carbocycles. The maximum atomic E-state index is 12.8. The molecule has 0 aromatic heterocycles. The summed E-state index contributed by atoms with van der Waals surface area (Å²) in [5.74, 6) is -1.00. The van der Waals surface area contributed by atoms with Gasteiger partial charge in [0.05, 0.1) is 0 Å². The van der Waals surface area contributed by atoms with Crippen LogP contribution in [0.5, 0.6) is 0 Å². The van der Waals surface area contributed by atoms with E-state index in [2.05, 4.69) is 118 Å². The molecule has 0 fully saturated rings. The number of hydrogen-bond donors (Lipinski definition) is 0. The molecule has 0 aromatic carbocycles. The van der Waals surface area contributed by atoms with E-state index in [4.69, 9.17) is 14.2 Å². The van der Waals surface area contributed by atoms with Gasteiger partial charge in [0.1, 0.15) is 13.2 Å². The summed E-state index contributed by atoms with van der Waals surface area (Å²) in [5.41, 5.74) is 0. The number of hydrogen-bond acceptors (Lipinski definition) is 6. The summed E-state index contributed by atoms with van der Waals surface area (Å²) in [6.45, 7) is 6.51. The second kappa shape index (κ2) is 54.9. The highest BCUT2D eigenvalue weighted by molar-refractivity contribution is 5.71. The SMILES string of the molecule is CCCCC/C=C\C/C=C\C/C=C\C/C=C\CCCCCC(=O)OC[C@H](COC(=O)CCC/C=C\C/C=C\C/C=C\CCCCCCCC)OC(=O)CCCCCCC/C=C\CCCCCC. The average molecular weight is 931 g/mol. The van der Waals surface area contributed by atoms with Crippen molar-refractivity contribution in [1.29, 1.82) is 0 Å². The lowest BCUT2D eigenvalue weighted by molar-refractivity contribution is -0.167. The molecule has 382 valence electrons. The summed E-state index contributed by atoms with van der Waals surface area (Å²) < 4.78 is 16.8. The van der Waals surface area contributed by atoms with Crippen molar-refractivity contribution < 1.29 is 28.6 Å². The lowest BCUT2D eigenvalue weighted by Gasteiger charge is -2.18. The molecule has 0 aromatic rings. The van der Waals surface area contributed by atoms with Gasteiger partial charge in [-0.2, -0.15) is 0 Å². The zero-order valence-corrected chi connectivity index (χ0v) is 43.6. The van der Waals surface area contributed by atoms with Gasteiger partial charge in [-0.3, -0.25) is 14.4 Å². The first kappa shape index (κ1) is 63.3. The van der Waals surface area contributed by atoms with E-state index in [1.165, 1.54) is 109 Å². The van der Waals surface area contributed by atoms with Crippen molar-refractivity contribution in [3.63, 3.8) is 0 Å². The Labute approximate surface area is 413 Å². The van der Waals surface area contributed by atoms with Crippen molar-refractivity contribution in [1.82, 2.24) is 0 Å². The maximum absolute atomic E-state index is 12.8. The molecular formula is C61H102O6. The Bertz CT molecular complexity index is 1350. The molecule has 6 nitrogen and oxygen atoms in total. The van der Waals surface area contributed by atoms with Crippen LogP contribution < -0.4 is 0 Å². The molecule has 0 unspecified atom stereocenters. The third-order valence-corrected chi connectivity index (χ3v) is 11.5. The van der Waals surface area contributed by atoms with Crippen molar-refractivity contribution in [3.05, 3.63) is 97.2 Å². The van der Waals surface area contributed by atoms with E-state index >= 15 is 0 Å². The molecule has 0 bridgehead atoms. The molecule has 0 amide bonds. The highest BCUT2D eigenvalue weighted by Gasteiger charge is 2.19. The Morgan fingerprint density at radius 1 is 0.299 bits per heavy atom. The monoisotopic (exact) mass is 931 g/mol. The quantitative estimate of drug-likeness (QED) is 0.0262. The highest BCUT2D eigenvalue weighted by Crippen LogP contribution is 2.13. The van der Waals surface area contributed by atoms with Gasteiger partial charge in [0.25, 0.3) is 0 Å². The molecule has 0 rings (SSSR count). The number of allylic oxidation sites excluding steroid dienone is 16. The van der Waals surface area contributed by atoms with E-state index in [-0.39, 0.29) is 37.5 Å². The second-order valence-electron chi connectivity index (χ2n) is 18.1. The van der Waals surface area contributed by atoms with Gasteiger partial charge in [0, 0.05) is 19.3 Å². The fourth-order valence-electron chi connectivity index (χ4n) is 7.32. The van der Waals surface area contributed by atoms with E-state index in [9.17, 15) is 14.4 Å². The Morgan fingerprint density at radius 2 is 0.552 bits per heavy atom. The summed E-state index contributed by atoms with van der Waals surface area (Å²) in [4.78, 5) is 38.0. The number of carbonyl (C=O) groups excluding carboxylic acids is 3. The molecule has 0 aliphatic rings. The summed E-state index contributed by atoms with van der Waals surface area (Å²) in [6, 6.07) is 0. The fourth-order valence-corrected chi connectivity index (χ4v) is 7.32. The first-order valence-electron chi connectivity index (χ1n) is 27.7. The zero-order valence-electron chi connectivity index (χ0n) is 43.6. The van der Waals surface area contributed by atoms with E-state index in [1.54, 1.807) is 0 Å². The van der Waals surface area contributed by atoms with Gasteiger partial charge in [-0.25, -0.2) is 0 Å². The van der Waals surface area contributed by atoms with Gasteiger partial charge < -0.3 is 14.2 Å². The van der Waals surface area contributed by atoms with Crippen molar-refractivity contribution in [2.45, 2.75) is 258 Å². The van der Waals surface area contributed by atoms with Gasteiger partial charge >= 0.3 is 17.9 Å². The van der Waals surface area contributed by atoms with Crippen LogP contribution in [0.25, 0.3) is 0 Å². The molecule has 0 spiro atoms. The normalized spacial score (nSPS) is 12.8. The molecule has 0 aliphatic heterocycles. The number of ether oxygens (including phenoxy) is 3. The van der Waals surface area contributed by atoms with Crippen molar-refractivity contribution >= 4 is 17.9 Å². The molecule has 0 radical (unpaired) electrons. The van der Waals surface area contributed by atoms with Crippen molar-refractivity contribution in [3.8, 4) is 0 Å². The number of esters is 3. The maximum Gasteiger partial charge on any atom is 0.306 e. The number of rotatable bonds is 49. The van der Waals surface area contributed by atoms with Crippen LogP contribution in [0.4, 0.5) is 0 Å². The summed E-state index contributed by atoms with van der Waals surface area (Å²) >= 11 is 0. The third kappa shape index (κ3) is 53.2. The molecule has 0 aliphatic carbocycles. The van der Waals surface area contributed by atoms with Crippen LogP contribution in [-0.4, -0.2) is 37.2 Å².